The predicted octanol–water partition coefficient (Wildman–Crippen LogP) is 0.619. The number of aromatic nitrogens is 2. The molecule has 9 heteroatoms. The average Bonchev–Trinajstić information content (AvgIpc) is 3.15. The highest BCUT2D eigenvalue weighted by molar-refractivity contribution is 6.09. The fourth-order valence-electron chi connectivity index (χ4n) is 3.17. The van der Waals surface area contributed by atoms with Crippen molar-refractivity contribution in [3.8, 4) is 23.5 Å². The zero-order valence-corrected chi connectivity index (χ0v) is 15.3. The van der Waals surface area contributed by atoms with Gasteiger partial charge in [-0.05, 0) is 24.3 Å². The van der Waals surface area contributed by atoms with Gasteiger partial charge in [0.05, 0.1) is 19.2 Å². The highest BCUT2D eigenvalue weighted by atomic mass is 16.5. The number of ether oxygens (including phenoxy) is 1. The lowest BCUT2D eigenvalue weighted by molar-refractivity contribution is -0.605. The smallest absolute Gasteiger partial charge is 0.323 e. The Kier molecular flexibility index (Phi) is 4.24. The van der Waals surface area contributed by atoms with E-state index in [0.717, 1.165) is 5.39 Å². The van der Waals surface area contributed by atoms with Crippen LogP contribution in [-0.2, 0) is 11.3 Å². The number of nitrogens with zero attached hydrogens (tertiary/aromatic N) is 2. The van der Waals surface area contributed by atoms with Gasteiger partial charge in [-0.2, -0.15) is 4.73 Å². The van der Waals surface area contributed by atoms with Crippen molar-refractivity contribution in [3.63, 3.8) is 0 Å². The maximum absolute atomic E-state index is 12.5. The molecule has 29 heavy (non-hydrogen) atoms. The van der Waals surface area contributed by atoms with Gasteiger partial charge in [0.15, 0.2) is 18.3 Å². The number of fused-ring (bicyclic) bond motifs is 1. The number of carbonyl (C=O) groups excluding carboxylic acids is 2. The minimum atomic E-state index is -1.61. The van der Waals surface area contributed by atoms with Gasteiger partial charge in [0, 0.05) is 23.0 Å². The van der Waals surface area contributed by atoms with Gasteiger partial charge in [-0.1, -0.05) is 11.8 Å². The Morgan fingerprint density at radius 2 is 2.17 bits per heavy atom. The van der Waals surface area contributed by atoms with E-state index in [1.807, 2.05) is 0 Å². The van der Waals surface area contributed by atoms with Crippen molar-refractivity contribution in [3.05, 3.63) is 59.7 Å². The Balaban J connectivity index is 1.76. The van der Waals surface area contributed by atoms with Crippen LogP contribution in [0.15, 0.2) is 48.9 Å². The molecule has 1 aromatic carbocycles. The van der Waals surface area contributed by atoms with Gasteiger partial charge in [-0.25, -0.2) is 4.79 Å². The molecule has 0 bridgehead atoms. The highest BCUT2D eigenvalue weighted by Gasteiger charge is 2.46. The van der Waals surface area contributed by atoms with Crippen LogP contribution in [0.25, 0.3) is 10.8 Å². The number of urea groups is 1. The van der Waals surface area contributed by atoms with Crippen LogP contribution in [0.4, 0.5) is 4.79 Å². The molecule has 0 unspecified atom stereocenters. The van der Waals surface area contributed by atoms with Crippen LogP contribution in [0.2, 0.25) is 0 Å². The van der Waals surface area contributed by atoms with Crippen molar-refractivity contribution < 1.29 is 24.2 Å². The fourth-order valence-corrected chi connectivity index (χ4v) is 3.17. The van der Waals surface area contributed by atoms with Gasteiger partial charge < -0.3 is 24.9 Å². The van der Waals surface area contributed by atoms with Crippen molar-refractivity contribution in [2.75, 3.05) is 7.11 Å². The van der Waals surface area contributed by atoms with Crippen LogP contribution in [0, 0.1) is 17.0 Å². The number of hydrogen-bond donors (Lipinski definition) is 3. The SMILES string of the molecule is COc1ccc2cn(C[C@@]3(C#Cc4ccc[n+]([O-])c4)NC(=O)NC3=O)c(O)c2c1. The first-order valence-electron chi connectivity index (χ1n) is 8.62. The number of amides is 3. The maximum Gasteiger partial charge on any atom is 0.323 e. The summed E-state index contributed by atoms with van der Waals surface area (Å²) in [6.45, 7) is -0.134. The first kappa shape index (κ1) is 18.2. The summed E-state index contributed by atoms with van der Waals surface area (Å²) in [6, 6.07) is 7.64. The van der Waals surface area contributed by atoms with Gasteiger partial charge in [-0.15, -0.1) is 0 Å². The number of carbonyl (C=O) groups is 2. The number of hydrogen-bond acceptors (Lipinski definition) is 5. The van der Waals surface area contributed by atoms with Crippen LogP contribution in [-0.4, -0.2) is 34.3 Å². The van der Waals surface area contributed by atoms with Gasteiger partial charge in [0.1, 0.15) is 5.75 Å². The van der Waals surface area contributed by atoms with Crippen molar-refractivity contribution in [2.24, 2.45) is 0 Å². The summed E-state index contributed by atoms with van der Waals surface area (Å²) in [7, 11) is 1.52. The molecule has 0 radical (unpaired) electrons. The molecule has 1 saturated heterocycles. The largest absolute Gasteiger partial charge is 0.619 e. The minimum Gasteiger partial charge on any atom is -0.619 e. The number of rotatable bonds is 3. The topological polar surface area (TPSA) is 120 Å². The third kappa shape index (κ3) is 3.27. The lowest BCUT2D eigenvalue weighted by Crippen LogP contribution is -2.49. The highest BCUT2D eigenvalue weighted by Crippen LogP contribution is 2.31. The first-order chi connectivity index (χ1) is 13.9. The lowest BCUT2D eigenvalue weighted by Gasteiger charge is -2.20. The fraction of sp³-hybridized carbons (Fsp3) is 0.150. The Labute approximate surface area is 165 Å². The van der Waals surface area contributed by atoms with E-state index in [4.69, 9.17) is 4.74 Å². The van der Waals surface area contributed by atoms with Gasteiger partial charge in [0.25, 0.3) is 5.91 Å². The number of benzene rings is 1. The third-order valence-electron chi connectivity index (χ3n) is 4.61. The summed E-state index contributed by atoms with van der Waals surface area (Å²) in [4.78, 5) is 24.4. The molecule has 3 N–H and O–H groups in total. The molecule has 1 atom stereocenters. The van der Waals surface area contributed by atoms with E-state index in [-0.39, 0.29) is 12.4 Å². The first-order valence-corrected chi connectivity index (χ1v) is 8.62. The number of aromatic hydroxyl groups is 1. The average molecular weight is 392 g/mol. The van der Waals surface area contributed by atoms with E-state index in [9.17, 15) is 19.9 Å². The monoisotopic (exact) mass is 392 g/mol. The maximum atomic E-state index is 12.5. The Bertz CT molecular complexity index is 1210. The predicted molar refractivity (Wildman–Crippen MR) is 102 cm³/mol. The molecule has 3 amide bonds. The van der Waals surface area contributed by atoms with Gasteiger partial charge in [0.2, 0.25) is 5.54 Å². The lowest BCUT2D eigenvalue weighted by atomic mass is 10.00. The Hall–Kier alpha value is -4.19. The molecule has 146 valence electrons. The minimum absolute atomic E-state index is 0.0915. The van der Waals surface area contributed by atoms with Crippen LogP contribution in [0.1, 0.15) is 5.56 Å². The number of methoxy groups -OCH3 is 1. The molecule has 3 heterocycles. The molecule has 4 rings (SSSR count). The molecule has 3 aromatic rings. The normalized spacial score (nSPS) is 18.1. The van der Waals surface area contributed by atoms with Crippen LogP contribution < -0.4 is 20.1 Å². The van der Waals surface area contributed by atoms with Crippen molar-refractivity contribution in [2.45, 2.75) is 12.1 Å². The molecule has 1 aliphatic rings. The standard InChI is InChI=1S/C20H16N4O5/c1-29-15-5-4-14-11-23(17(25)16(14)9-15)12-20(18(26)21-19(27)22-20)7-6-13-3-2-8-24(28)10-13/h2-5,8-11,25H,12H2,1H3,(H2,21,22,26,27)/t20-/m1/s1. The summed E-state index contributed by atoms with van der Waals surface area (Å²) in [5.41, 5.74) is -1.24. The van der Waals surface area contributed by atoms with E-state index in [1.54, 1.807) is 30.5 Å². The second-order valence-corrected chi connectivity index (χ2v) is 6.55. The van der Waals surface area contributed by atoms with Crippen molar-refractivity contribution in [1.82, 2.24) is 15.2 Å². The summed E-state index contributed by atoms with van der Waals surface area (Å²) >= 11 is 0. The Morgan fingerprint density at radius 1 is 1.34 bits per heavy atom. The van der Waals surface area contributed by atoms with E-state index >= 15 is 0 Å². The number of pyridine rings is 1. The summed E-state index contributed by atoms with van der Waals surface area (Å²) in [5, 5.41) is 28.0. The molecular formula is C20H16N4O5. The van der Waals surface area contributed by atoms with Crippen molar-refractivity contribution >= 4 is 22.7 Å². The molecule has 1 aliphatic heterocycles. The molecular weight excluding hydrogens is 376 g/mol. The molecule has 9 nitrogen and oxygen atoms in total. The quantitative estimate of drug-likeness (QED) is 0.261. The summed E-state index contributed by atoms with van der Waals surface area (Å²) in [5.74, 6) is 5.34. The molecule has 0 spiro atoms. The van der Waals surface area contributed by atoms with E-state index in [0.29, 0.717) is 21.4 Å². The second kappa shape index (κ2) is 6.76. The van der Waals surface area contributed by atoms with E-state index in [1.165, 1.54) is 30.1 Å². The molecule has 0 saturated carbocycles. The zero-order chi connectivity index (χ0) is 20.6. The van der Waals surface area contributed by atoms with E-state index < -0.39 is 17.5 Å². The van der Waals surface area contributed by atoms with Gasteiger partial charge >= 0.3 is 6.03 Å². The third-order valence-corrected chi connectivity index (χ3v) is 4.61. The van der Waals surface area contributed by atoms with Gasteiger partial charge in [-0.3, -0.25) is 10.1 Å². The second-order valence-electron chi connectivity index (χ2n) is 6.55. The van der Waals surface area contributed by atoms with Crippen LogP contribution in [0.5, 0.6) is 11.6 Å². The molecule has 0 aliphatic carbocycles. The molecule has 1 fully saturated rings. The summed E-state index contributed by atoms with van der Waals surface area (Å²) in [6.07, 6.45) is 4.21. The number of nitrogens with one attached hydrogen (secondary N) is 2. The van der Waals surface area contributed by atoms with Crippen LogP contribution >= 0.6 is 0 Å². The van der Waals surface area contributed by atoms with E-state index in [2.05, 4.69) is 22.5 Å². The van der Waals surface area contributed by atoms with Crippen LogP contribution in [0.3, 0.4) is 0 Å². The zero-order valence-electron chi connectivity index (χ0n) is 15.3. The van der Waals surface area contributed by atoms with Crippen molar-refractivity contribution in [1.29, 1.82) is 0 Å². The Morgan fingerprint density at radius 3 is 2.86 bits per heavy atom. The summed E-state index contributed by atoms with van der Waals surface area (Å²) < 4.78 is 7.20. The molecule has 2 aromatic heterocycles. The number of imide groups is 1.